The van der Waals surface area contributed by atoms with Crippen LogP contribution in [-0.2, 0) is 19.1 Å². The summed E-state index contributed by atoms with van der Waals surface area (Å²) in [7, 11) is 0. The van der Waals surface area contributed by atoms with Gasteiger partial charge in [0.15, 0.2) is 5.69 Å². The molecule has 0 radical (unpaired) electrons. The fourth-order valence-corrected chi connectivity index (χ4v) is 3.80. The molecule has 0 bridgehead atoms. The number of aromatic hydroxyl groups is 1. The Labute approximate surface area is 209 Å². The highest BCUT2D eigenvalue weighted by Crippen LogP contribution is 2.32. The first kappa shape index (κ1) is 28.6. The van der Waals surface area contributed by atoms with Gasteiger partial charge in [-0.05, 0) is 23.8 Å². The molecule has 2 aliphatic heterocycles. The van der Waals surface area contributed by atoms with Crippen LogP contribution in [0.5, 0.6) is 5.75 Å². The summed E-state index contributed by atoms with van der Waals surface area (Å²) in [5.74, 6) is -2.09. The highest BCUT2D eigenvalue weighted by molar-refractivity contribution is 5.95. The van der Waals surface area contributed by atoms with Gasteiger partial charge in [-0.3, -0.25) is 24.3 Å². The van der Waals surface area contributed by atoms with Gasteiger partial charge < -0.3 is 29.7 Å². The number of amides is 1. The summed E-state index contributed by atoms with van der Waals surface area (Å²) in [5.41, 5.74) is 0.965. The number of carbonyl (C=O) groups excluding carboxylic acids is 1. The first-order valence-corrected chi connectivity index (χ1v) is 11.4. The van der Waals surface area contributed by atoms with E-state index < -0.39 is 11.9 Å². The van der Waals surface area contributed by atoms with Crippen molar-refractivity contribution < 1.29 is 39.2 Å². The van der Waals surface area contributed by atoms with Crippen molar-refractivity contribution in [2.75, 3.05) is 46.0 Å². The second-order valence-corrected chi connectivity index (χ2v) is 7.96. The molecule has 196 valence electrons. The van der Waals surface area contributed by atoms with E-state index in [0.29, 0.717) is 32.9 Å². The Morgan fingerprint density at radius 1 is 1.00 bits per heavy atom. The summed E-state index contributed by atoms with van der Waals surface area (Å²) in [6, 6.07) is 6.59. The predicted molar refractivity (Wildman–Crippen MR) is 128 cm³/mol. The van der Waals surface area contributed by atoms with E-state index in [1.807, 2.05) is 12.1 Å². The van der Waals surface area contributed by atoms with Gasteiger partial charge in [0.1, 0.15) is 5.75 Å². The van der Waals surface area contributed by atoms with Gasteiger partial charge in [0.25, 0.3) is 17.8 Å². The molecule has 0 aromatic carbocycles. The number of rotatable bonds is 4. The van der Waals surface area contributed by atoms with E-state index in [0.717, 1.165) is 32.5 Å². The van der Waals surface area contributed by atoms with Crippen LogP contribution in [0.15, 0.2) is 42.9 Å². The molecule has 2 atom stereocenters. The quantitative estimate of drug-likeness (QED) is 0.550. The van der Waals surface area contributed by atoms with Crippen LogP contribution in [0.4, 0.5) is 0 Å². The highest BCUT2D eigenvalue weighted by Gasteiger charge is 2.39. The van der Waals surface area contributed by atoms with Gasteiger partial charge in [-0.2, -0.15) is 0 Å². The summed E-state index contributed by atoms with van der Waals surface area (Å²) in [6.45, 7) is 6.81. The molecule has 0 unspecified atom stereocenters. The maximum Gasteiger partial charge on any atom is 0.300 e. The van der Waals surface area contributed by atoms with Gasteiger partial charge in [-0.15, -0.1) is 0 Å². The third-order valence-electron chi connectivity index (χ3n) is 5.17. The number of hydrogen-bond donors (Lipinski definition) is 3. The van der Waals surface area contributed by atoms with Crippen LogP contribution in [-0.4, -0.2) is 105 Å². The Morgan fingerprint density at radius 3 is 2.22 bits per heavy atom. The van der Waals surface area contributed by atoms with Crippen molar-refractivity contribution >= 4 is 17.8 Å². The minimum atomic E-state index is -0.833. The van der Waals surface area contributed by atoms with Crippen molar-refractivity contribution in [2.24, 2.45) is 0 Å². The van der Waals surface area contributed by atoms with Gasteiger partial charge in [-0.25, -0.2) is 4.98 Å². The fourth-order valence-electron chi connectivity index (χ4n) is 3.80. The van der Waals surface area contributed by atoms with Crippen molar-refractivity contribution in [3.05, 3.63) is 54.1 Å². The summed E-state index contributed by atoms with van der Waals surface area (Å²) in [6.07, 6.45) is 4.79. The highest BCUT2D eigenvalue weighted by atomic mass is 16.5. The molecule has 4 heterocycles. The largest absolute Gasteiger partial charge is 0.505 e. The summed E-state index contributed by atoms with van der Waals surface area (Å²) < 4.78 is 11.5. The zero-order valence-corrected chi connectivity index (χ0v) is 20.3. The molecule has 2 aliphatic rings. The number of nitrogens with zero attached hydrogens (tertiary/aromatic N) is 4. The van der Waals surface area contributed by atoms with E-state index >= 15 is 0 Å². The van der Waals surface area contributed by atoms with E-state index in [1.165, 1.54) is 12.3 Å². The van der Waals surface area contributed by atoms with Crippen molar-refractivity contribution in [2.45, 2.75) is 26.0 Å². The van der Waals surface area contributed by atoms with Gasteiger partial charge in [0, 0.05) is 58.6 Å². The molecule has 2 saturated heterocycles. The lowest BCUT2D eigenvalue weighted by Gasteiger charge is -2.43. The molecule has 12 nitrogen and oxygen atoms in total. The number of carbonyl (C=O) groups is 3. The van der Waals surface area contributed by atoms with Crippen molar-refractivity contribution in [1.29, 1.82) is 0 Å². The first-order valence-electron chi connectivity index (χ1n) is 11.4. The van der Waals surface area contributed by atoms with Crippen LogP contribution in [0.1, 0.15) is 35.9 Å². The van der Waals surface area contributed by atoms with E-state index in [9.17, 15) is 9.90 Å². The van der Waals surface area contributed by atoms with Crippen molar-refractivity contribution in [3.8, 4) is 5.75 Å². The molecule has 4 rings (SSSR count). The third-order valence-corrected chi connectivity index (χ3v) is 5.17. The Kier molecular flexibility index (Phi) is 11.7. The lowest BCUT2D eigenvalue weighted by molar-refractivity contribution is -0.135. The van der Waals surface area contributed by atoms with Gasteiger partial charge in [0.05, 0.1) is 32.0 Å². The minimum absolute atomic E-state index is 0.0587. The van der Waals surface area contributed by atoms with Gasteiger partial charge in [-0.1, -0.05) is 6.07 Å². The topological polar surface area (TPSA) is 163 Å². The Bertz CT molecular complexity index is 965. The molecule has 2 aromatic heterocycles. The molecule has 1 amide bonds. The maximum atomic E-state index is 13.2. The normalized spacial score (nSPS) is 19.7. The van der Waals surface area contributed by atoms with Gasteiger partial charge in [0.2, 0.25) is 0 Å². The van der Waals surface area contributed by atoms with Crippen LogP contribution in [0.3, 0.4) is 0 Å². The Hall–Kier alpha value is -3.61. The fraction of sp³-hybridized carbons (Fsp3) is 0.458. The molecular formula is C24H32N4O8. The van der Waals surface area contributed by atoms with Crippen LogP contribution in [0, 0.1) is 0 Å². The van der Waals surface area contributed by atoms with E-state index in [-0.39, 0.29) is 29.5 Å². The van der Waals surface area contributed by atoms with Crippen LogP contribution >= 0.6 is 0 Å². The average Bonchev–Trinajstić information content (AvgIpc) is 2.84. The number of morpholine rings is 2. The number of aromatic nitrogens is 2. The number of carboxylic acids is 2. The minimum Gasteiger partial charge on any atom is -0.505 e. The Morgan fingerprint density at radius 2 is 1.64 bits per heavy atom. The van der Waals surface area contributed by atoms with Crippen molar-refractivity contribution in [3.63, 3.8) is 0 Å². The number of ether oxygens (including phenoxy) is 2. The van der Waals surface area contributed by atoms with E-state index in [2.05, 4.69) is 14.9 Å². The molecule has 3 N–H and O–H groups in total. The van der Waals surface area contributed by atoms with E-state index in [4.69, 9.17) is 29.3 Å². The standard InChI is InChI=1S/C20H24N4O4.2C2H4O2/c25-16-4-2-6-22-18(16)20(26)24-9-12-28-17(14-23-7-10-27-11-8-23)19(24)15-3-1-5-21-13-15;2*1-2(3)4/h1-6,13,17,19,25H,7-12,14H2;2*1H3,(H,3,4)/t17-,19-;;/m0../s1. The van der Waals surface area contributed by atoms with E-state index in [1.54, 1.807) is 23.4 Å². The molecule has 36 heavy (non-hydrogen) atoms. The SMILES string of the molecule is CC(=O)O.CC(=O)O.O=C(c1ncccc1O)N1CCO[C@@H](CN2CCOCC2)[C@@H]1c1cccnc1. The monoisotopic (exact) mass is 504 g/mol. The molecule has 12 heteroatoms. The van der Waals surface area contributed by atoms with Crippen LogP contribution < -0.4 is 0 Å². The number of aliphatic carboxylic acids is 2. The molecule has 0 spiro atoms. The first-order chi connectivity index (χ1) is 17.2. The zero-order valence-electron chi connectivity index (χ0n) is 20.3. The number of pyridine rings is 2. The van der Waals surface area contributed by atoms with Crippen molar-refractivity contribution in [1.82, 2.24) is 19.8 Å². The smallest absolute Gasteiger partial charge is 0.300 e. The second-order valence-electron chi connectivity index (χ2n) is 7.96. The van der Waals surface area contributed by atoms with Crippen LogP contribution in [0.2, 0.25) is 0 Å². The molecule has 0 saturated carbocycles. The number of carboxylic acid groups (broad SMARTS) is 2. The molecule has 2 fully saturated rings. The summed E-state index contributed by atoms with van der Waals surface area (Å²) >= 11 is 0. The average molecular weight is 505 g/mol. The Balaban J connectivity index is 0.000000501. The molecule has 0 aliphatic carbocycles. The lowest BCUT2D eigenvalue weighted by atomic mass is 9.98. The molecular weight excluding hydrogens is 472 g/mol. The zero-order chi connectivity index (χ0) is 26.5. The maximum absolute atomic E-state index is 13.2. The molecule has 2 aromatic rings. The lowest BCUT2D eigenvalue weighted by Crippen LogP contribution is -2.53. The predicted octanol–water partition coefficient (Wildman–Crippen LogP) is 1.28. The summed E-state index contributed by atoms with van der Waals surface area (Å²) in [5, 5.41) is 25.0. The second kappa shape index (κ2) is 14.7. The van der Waals surface area contributed by atoms with Crippen LogP contribution in [0.25, 0.3) is 0 Å². The number of hydrogen-bond acceptors (Lipinski definition) is 9. The van der Waals surface area contributed by atoms with Gasteiger partial charge >= 0.3 is 0 Å². The third kappa shape index (κ3) is 9.21. The summed E-state index contributed by atoms with van der Waals surface area (Å²) in [4.78, 5) is 43.6.